The van der Waals surface area contributed by atoms with E-state index in [9.17, 15) is 9.18 Å². The van der Waals surface area contributed by atoms with Gasteiger partial charge in [0.25, 0.3) is 5.71 Å². The average molecular weight is 431 g/mol. The number of amides is 1. The number of carbonyl (C=O) groups is 1. The molecule has 0 N–H and O–H groups in total. The van der Waals surface area contributed by atoms with Crippen LogP contribution in [0, 0.1) is 11.7 Å². The van der Waals surface area contributed by atoms with Gasteiger partial charge >= 0.3 is 0 Å². The van der Waals surface area contributed by atoms with Crippen molar-refractivity contribution >= 4 is 28.5 Å². The third-order valence-electron chi connectivity index (χ3n) is 5.91. The van der Waals surface area contributed by atoms with E-state index in [-0.39, 0.29) is 17.6 Å². The van der Waals surface area contributed by atoms with E-state index in [4.69, 9.17) is 4.52 Å². The van der Waals surface area contributed by atoms with E-state index >= 15 is 0 Å². The van der Waals surface area contributed by atoms with Gasteiger partial charge in [0.15, 0.2) is 0 Å². The van der Waals surface area contributed by atoms with Gasteiger partial charge in [0, 0.05) is 31.4 Å². The highest BCUT2D eigenvalue weighted by atomic mass is 19.1. The molecule has 1 fully saturated rings. The van der Waals surface area contributed by atoms with E-state index in [0.29, 0.717) is 29.2 Å². The maximum atomic E-state index is 13.4. The molecule has 2 aromatic heterocycles. The SMILES string of the molecule is CN(C(=O)[C@@H]1CCCN(c2ncnc3onc(-c4ccc(F)cc4)c23)C1)c1ccccc1. The zero-order valence-electron chi connectivity index (χ0n) is 17.6. The second-order valence-corrected chi connectivity index (χ2v) is 7.93. The molecule has 32 heavy (non-hydrogen) atoms. The number of benzene rings is 2. The van der Waals surface area contributed by atoms with Crippen LogP contribution in [0.3, 0.4) is 0 Å². The van der Waals surface area contributed by atoms with Crippen molar-refractivity contribution in [3.63, 3.8) is 0 Å². The van der Waals surface area contributed by atoms with Crippen LogP contribution in [0.15, 0.2) is 65.4 Å². The Hall–Kier alpha value is -3.81. The number of aromatic nitrogens is 3. The van der Waals surface area contributed by atoms with E-state index in [2.05, 4.69) is 20.0 Å². The Labute approximate surface area is 184 Å². The average Bonchev–Trinajstić information content (AvgIpc) is 3.28. The number of rotatable bonds is 4. The smallest absolute Gasteiger partial charge is 0.263 e. The Bertz CT molecular complexity index is 1240. The van der Waals surface area contributed by atoms with Gasteiger partial charge in [0.2, 0.25) is 5.91 Å². The van der Waals surface area contributed by atoms with Gasteiger partial charge in [-0.2, -0.15) is 4.98 Å². The summed E-state index contributed by atoms with van der Waals surface area (Å²) >= 11 is 0. The molecule has 162 valence electrons. The van der Waals surface area contributed by atoms with E-state index in [1.807, 2.05) is 37.4 Å². The van der Waals surface area contributed by atoms with Crippen LogP contribution in [0.2, 0.25) is 0 Å². The van der Waals surface area contributed by atoms with Gasteiger partial charge in [-0.15, -0.1) is 0 Å². The highest BCUT2D eigenvalue weighted by Gasteiger charge is 2.31. The summed E-state index contributed by atoms with van der Waals surface area (Å²) in [6, 6.07) is 15.7. The highest BCUT2D eigenvalue weighted by Crippen LogP contribution is 2.35. The van der Waals surface area contributed by atoms with Crippen LogP contribution in [0.4, 0.5) is 15.9 Å². The van der Waals surface area contributed by atoms with E-state index in [1.165, 1.54) is 18.5 Å². The van der Waals surface area contributed by atoms with Crippen molar-refractivity contribution in [3.8, 4) is 11.3 Å². The number of fused-ring (bicyclic) bond motifs is 1. The molecule has 7 nitrogen and oxygen atoms in total. The fourth-order valence-corrected chi connectivity index (χ4v) is 4.24. The molecule has 1 aliphatic rings. The lowest BCUT2D eigenvalue weighted by Gasteiger charge is -2.34. The van der Waals surface area contributed by atoms with Crippen molar-refractivity contribution in [1.82, 2.24) is 15.1 Å². The molecular weight excluding hydrogens is 409 g/mol. The predicted molar refractivity (Wildman–Crippen MR) is 120 cm³/mol. The Morgan fingerprint density at radius 2 is 1.91 bits per heavy atom. The Morgan fingerprint density at radius 1 is 1.12 bits per heavy atom. The predicted octanol–water partition coefficient (Wildman–Crippen LogP) is 4.30. The first-order valence-electron chi connectivity index (χ1n) is 10.6. The first-order valence-corrected chi connectivity index (χ1v) is 10.6. The van der Waals surface area contributed by atoms with E-state index in [0.717, 1.165) is 30.6 Å². The lowest BCUT2D eigenvalue weighted by molar-refractivity contribution is -0.122. The van der Waals surface area contributed by atoms with Crippen molar-refractivity contribution in [2.45, 2.75) is 12.8 Å². The fraction of sp³-hybridized carbons (Fsp3) is 0.250. The third-order valence-corrected chi connectivity index (χ3v) is 5.91. The maximum Gasteiger partial charge on any atom is 0.263 e. The topological polar surface area (TPSA) is 75.4 Å². The van der Waals surface area contributed by atoms with Crippen molar-refractivity contribution in [2.75, 3.05) is 29.9 Å². The van der Waals surface area contributed by atoms with Gasteiger partial charge < -0.3 is 14.3 Å². The van der Waals surface area contributed by atoms with Gasteiger partial charge in [-0.25, -0.2) is 9.37 Å². The molecule has 0 bridgehead atoms. The first kappa shape index (κ1) is 20.1. The quantitative estimate of drug-likeness (QED) is 0.480. The van der Waals surface area contributed by atoms with Crippen molar-refractivity contribution in [3.05, 3.63) is 66.7 Å². The van der Waals surface area contributed by atoms with E-state index in [1.54, 1.807) is 17.0 Å². The minimum atomic E-state index is -0.321. The molecule has 2 aromatic carbocycles. The summed E-state index contributed by atoms with van der Waals surface area (Å²) in [5.41, 5.74) is 2.51. The summed E-state index contributed by atoms with van der Waals surface area (Å²) in [6.45, 7) is 1.30. The second kappa shape index (κ2) is 8.37. The largest absolute Gasteiger partial charge is 0.355 e. The summed E-state index contributed by atoms with van der Waals surface area (Å²) < 4.78 is 18.8. The zero-order chi connectivity index (χ0) is 22.1. The van der Waals surface area contributed by atoms with E-state index < -0.39 is 0 Å². The van der Waals surface area contributed by atoms with Crippen molar-refractivity contribution in [1.29, 1.82) is 0 Å². The Kier molecular flexibility index (Phi) is 5.26. The summed E-state index contributed by atoms with van der Waals surface area (Å²) in [7, 11) is 1.81. The molecule has 0 spiro atoms. The number of hydrogen-bond acceptors (Lipinski definition) is 6. The van der Waals surface area contributed by atoms with Crippen LogP contribution in [0.1, 0.15) is 12.8 Å². The lowest BCUT2D eigenvalue weighted by Crippen LogP contribution is -2.44. The standard InChI is InChI=1S/C24H22FN5O2/c1-29(19-7-3-2-4-8-19)24(31)17-6-5-13-30(14-17)22-20-21(16-9-11-18(25)12-10-16)28-32-23(20)27-15-26-22/h2-4,7-12,15,17H,5-6,13-14H2,1H3/t17-/m1/s1. The molecule has 1 saturated heterocycles. The number of hydrogen-bond donors (Lipinski definition) is 0. The molecule has 1 atom stereocenters. The molecule has 1 amide bonds. The van der Waals surface area contributed by atoms with Crippen molar-refractivity contribution in [2.24, 2.45) is 5.92 Å². The number of piperidine rings is 1. The van der Waals surface area contributed by atoms with Crippen LogP contribution < -0.4 is 9.80 Å². The monoisotopic (exact) mass is 431 g/mol. The van der Waals surface area contributed by atoms with Crippen LogP contribution in [0.5, 0.6) is 0 Å². The normalized spacial score (nSPS) is 16.3. The number of carbonyl (C=O) groups excluding carboxylic acids is 1. The van der Waals surface area contributed by atoms with Crippen molar-refractivity contribution < 1.29 is 13.7 Å². The van der Waals surface area contributed by atoms with Gasteiger partial charge in [0.05, 0.1) is 5.92 Å². The van der Waals surface area contributed by atoms with Gasteiger partial charge in [-0.3, -0.25) is 4.79 Å². The van der Waals surface area contributed by atoms with Crippen LogP contribution in [-0.2, 0) is 4.79 Å². The van der Waals surface area contributed by atoms with Gasteiger partial charge in [0.1, 0.15) is 29.0 Å². The molecular formula is C24H22FN5O2. The number of halogens is 1. The Morgan fingerprint density at radius 3 is 2.69 bits per heavy atom. The summed E-state index contributed by atoms with van der Waals surface area (Å²) in [5.74, 6) is 0.275. The van der Waals surface area contributed by atoms with Gasteiger partial charge in [-0.05, 0) is 49.2 Å². The molecule has 0 unspecified atom stereocenters. The number of nitrogens with zero attached hydrogens (tertiary/aromatic N) is 5. The summed E-state index contributed by atoms with van der Waals surface area (Å²) in [5, 5.41) is 4.84. The minimum Gasteiger partial charge on any atom is -0.355 e. The molecule has 0 saturated carbocycles. The van der Waals surface area contributed by atoms with Crippen LogP contribution >= 0.6 is 0 Å². The molecule has 8 heteroatoms. The minimum absolute atomic E-state index is 0.0790. The fourth-order valence-electron chi connectivity index (χ4n) is 4.24. The summed E-state index contributed by atoms with van der Waals surface area (Å²) in [6.07, 6.45) is 3.12. The molecule has 3 heterocycles. The van der Waals surface area contributed by atoms with Gasteiger partial charge in [-0.1, -0.05) is 23.4 Å². The highest BCUT2D eigenvalue weighted by molar-refractivity contribution is 5.99. The number of para-hydroxylation sites is 1. The third kappa shape index (κ3) is 3.68. The maximum absolute atomic E-state index is 13.4. The zero-order valence-corrected chi connectivity index (χ0v) is 17.6. The molecule has 5 rings (SSSR count). The molecule has 0 radical (unpaired) electrons. The molecule has 4 aromatic rings. The van der Waals surface area contributed by atoms with Crippen LogP contribution in [0.25, 0.3) is 22.4 Å². The number of anilines is 2. The molecule has 1 aliphatic heterocycles. The first-order chi connectivity index (χ1) is 15.6. The summed E-state index contributed by atoms with van der Waals surface area (Å²) in [4.78, 5) is 25.7. The molecule has 0 aliphatic carbocycles. The second-order valence-electron chi connectivity index (χ2n) is 7.93. The Balaban J connectivity index is 1.46. The lowest BCUT2D eigenvalue weighted by atomic mass is 9.96. The van der Waals surface area contributed by atoms with Crippen LogP contribution in [-0.4, -0.2) is 41.2 Å².